The van der Waals surface area contributed by atoms with E-state index in [1.165, 1.54) is 23.9 Å². The van der Waals surface area contributed by atoms with E-state index in [9.17, 15) is 9.50 Å². The van der Waals surface area contributed by atoms with Gasteiger partial charge in [0, 0.05) is 12.7 Å². The second-order valence-electron chi connectivity index (χ2n) is 4.91. The molecule has 2 aromatic rings. The van der Waals surface area contributed by atoms with Gasteiger partial charge in [-0.2, -0.15) is 0 Å². The Morgan fingerprint density at radius 1 is 1.27 bits per heavy atom. The van der Waals surface area contributed by atoms with Crippen molar-refractivity contribution >= 4 is 11.8 Å². The Kier molecular flexibility index (Phi) is 5.09. The molecule has 1 fully saturated rings. The smallest absolute Gasteiger partial charge is 0.168 e. The summed E-state index contributed by atoms with van der Waals surface area (Å²) in [6.45, 7) is 1.71. The SMILES string of the molecule is OCc1cn(Cc2ccc(F)cc2)c(SCC2OCCO2)n1. The van der Waals surface area contributed by atoms with Crippen molar-refractivity contribution in [3.63, 3.8) is 0 Å². The fraction of sp³-hybridized carbons (Fsp3) is 0.400. The number of halogens is 1. The van der Waals surface area contributed by atoms with Gasteiger partial charge in [-0.15, -0.1) is 0 Å². The zero-order valence-electron chi connectivity index (χ0n) is 11.9. The maximum absolute atomic E-state index is 13.0. The number of imidazole rings is 1. The van der Waals surface area contributed by atoms with Crippen LogP contribution in [0.25, 0.3) is 0 Å². The van der Waals surface area contributed by atoms with Crippen LogP contribution in [-0.2, 0) is 22.6 Å². The number of ether oxygens (including phenoxy) is 2. The Morgan fingerprint density at radius 3 is 2.68 bits per heavy atom. The number of aromatic nitrogens is 2. The molecule has 1 aromatic carbocycles. The van der Waals surface area contributed by atoms with Gasteiger partial charge in [0.25, 0.3) is 0 Å². The molecule has 0 spiro atoms. The lowest BCUT2D eigenvalue weighted by Crippen LogP contribution is -2.11. The van der Waals surface area contributed by atoms with Gasteiger partial charge in [-0.25, -0.2) is 9.37 Å². The van der Waals surface area contributed by atoms with Crippen LogP contribution in [0.5, 0.6) is 0 Å². The molecule has 0 saturated carbocycles. The van der Waals surface area contributed by atoms with Gasteiger partial charge < -0.3 is 19.1 Å². The van der Waals surface area contributed by atoms with Crippen molar-refractivity contribution < 1.29 is 19.0 Å². The van der Waals surface area contributed by atoms with Crippen molar-refractivity contribution in [1.29, 1.82) is 0 Å². The maximum atomic E-state index is 13.0. The van der Waals surface area contributed by atoms with E-state index in [0.717, 1.165) is 10.7 Å². The molecule has 1 aromatic heterocycles. The average Bonchev–Trinajstić information content (AvgIpc) is 3.17. The quantitative estimate of drug-likeness (QED) is 0.824. The van der Waals surface area contributed by atoms with Crippen LogP contribution in [0.1, 0.15) is 11.3 Å². The van der Waals surface area contributed by atoms with Gasteiger partial charge in [0.1, 0.15) is 5.82 Å². The molecule has 0 unspecified atom stereocenters. The third-order valence-electron chi connectivity index (χ3n) is 3.26. The Morgan fingerprint density at radius 2 is 2.00 bits per heavy atom. The van der Waals surface area contributed by atoms with Crippen molar-refractivity contribution in [2.45, 2.75) is 24.6 Å². The Bertz CT molecular complexity index is 612. The lowest BCUT2D eigenvalue weighted by Gasteiger charge is -2.10. The number of aliphatic hydroxyl groups excluding tert-OH is 1. The van der Waals surface area contributed by atoms with Gasteiger partial charge in [-0.05, 0) is 17.7 Å². The zero-order chi connectivity index (χ0) is 15.4. The molecule has 0 atom stereocenters. The van der Waals surface area contributed by atoms with Crippen LogP contribution in [0.4, 0.5) is 4.39 Å². The monoisotopic (exact) mass is 324 g/mol. The lowest BCUT2D eigenvalue weighted by atomic mass is 10.2. The molecule has 1 saturated heterocycles. The third kappa shape index (κ3) is 3.86. The topological polar surface area (TPSA) is 56.5 Å². The number of hydrogen-bond acceptors (Lipinski definition) is 5. The summed E-state index contributed by atoms with van der Waals surface area (Å²) in [7, 11) is 0. The Balaban J connectivity index is 1.70. The van der Waals surface area contributed by atoms with Crippen LogP contribution in [0.2, 0.25) is 0 Å². The normalized spacial score (nSPS) is 15.5. The molecule has 3 rings (SSSR count). The summed E-state index contributed by atoms with van der Waals surface area (Å²) in [5, 5.41) is 10.1. The summed E-state index contributed by atoms with van der Waals surface area (Å²) in [5.74, 6) is 0.390. The van der Waals surface area contributed by atoms with Gasteiger partial charge in [-0.1, -0.05) is 23.9 Å². The molecule has 1 N–H and O–H groups in total. The minimum atomic E-state index is -0.254. The molecule has 118 valence electrons. The summed E-state index contributed by atoms with van der Waals surface area (Å²) in [4.78, 5) is 4.39. The molecular weight excluding hydrogens is 307 g/mol. The highest BCUT2D eigenvalue weighted by Gasteiger charge is 2.18. The van der Waals surface area contributed by atoms with Crippen LogP contribution in [-0.4, -0.2) is 39.9 Å². The van der Waals surface area contributed by atoms with Crippen LogP contribution < -0.4 is 0 Å². The van der Waals surface area contributed by atoms with Crippen molar-refractivity contribution in [2.75, 3.05) is 19.0 Å². The molecule has 22 heavy (non-hydrogen) atoms. The predicted molar refractivity (Wildman–Crippen MR) is 80.1 cm³/mol. The molecular formula is C15H17FN2O3S. The van der Waals surface area contributed by atoms with E-state index in [4.69, 9.17) is 9.47 Å². The number of benzene rings is 1. The van der Waals surface area contributed by atoms with E-state index in [-0.39, 0.29) is 18.7 Å². The number of aliphatic hydroxyl groups is 1. The van der Waals surface area contributed by atoms with Gasteiger partial charge in [-0.3, -0.25) is 0 Å². The minimum Gasteiger partial charge on any atom is -0.390 e. The standard InChI is InChI=1S/C15H17FN2O3S/c16-12-3-1-11(2-4-12)7-18-8-13(9-19)17-15(18)22-10-14-20-5-6-21-14/h1-4,8,14,19H,5-7,9-10H2. The Labute approximate surface area is 132 Å². The lowest BCUT2D eigenvalue weighted by molar-refractivity contribution is -0.0215. The van der Waals surface area contributed by atoms with Gasteiger partial charge in [0.15, 0.2) is 11.4 Å². The molecule has 5 nitrogen and oxygen atoms in total. The second-order valence-corrected chi connectivity index (χ2v) is 5.90. The van der Waals surface area contributed by atoms with E-state index < -0.39 is 0 Å². The van der Waals surface area contributed by atoms with Crippen LogP contribution in [0.3, 0.4) is 0 Å². The summed E-state index contributed by atoms with van der Waals surface area (Å²) < 4.78 is 25.7. The molecule has 1 aliphatic heterocycles. The second kappa shape index (κ2) is 7.23. The molecule has 0 amide bonds. The van der Waals surface area contributed by atoms with Gasteiger partial charge >= 0.3 is 0 Å². The summed E-state index contributed by atoms with van der Waals surface area (Å²) >= 11 is 1.52. The number of nitrogens with zero attached hydrogens (tertiary/aromatic N) is 2. The third-order valence-corrected chi connectivity index (χ3v) is 4.28. The summed E-state index contributed by atoms with van der Waals surface area (Å²) in [6, 6.07) is 6.36. The summed E-state index contributed by atoms with van der Waals surface area (Å²) in [6.07, 6.45) is 1.60. The first-order valence-corrected chi connectivity index (χ1v) is 8.00. The van der Waals surface area contributed by atoms with Gasteiger partial charge in [0.05, 0.1) is 31.3 Å². The molecule has 2 heterocycles. The van der Waals surface area contributed by atoms with E-state index in [0.29, 0.717) is 31.2 Å². The number of thioether (sulfide) groups is 1. The van der Waals surface area contributed by atoms with E-state index in [1.807, 2.05) is 10.8 Å². The fourth-order valence-electron chi connectivity index (χ4n) is 2.19. The van der Waals surface area contributed by atoms with Crippen molar-refractivity contribution in [3.05, 3.63) is 47.5 Å². The first-order valence-electron chi connectivity index (χ1n) is 7.02. The average molecular weight is 324 g/mol. The van der Waals surface area contributed by atoms with Crippen LogP contribution in [0, 0.1) is 5.82 Å². The number of hydrogen-bond donors (Lipinski definition) is 1. The maximum Gasteiger partial charge on any atom is 0.168 e. The highest BCUT2D eigenvalue weighted by molar-refractivity contribution is 7.99. The first kappa shape index (κ1) is 15.5. The molecule has 0 radical (unpaired) electrons. The highest BCUT2D eigenvalue weighted by Crippen LogP contribution is 2.22. The minimum absolute atomic E-state index is 0.111. The zero-order valence-corrected chi connectivity index (χ0v) is 12.8. The molecule has 1 aliphatic rings. The molecule has 7 heteroatoms. The Hall–Kier alpha value is -1.41. The summed E-state index contributed by atoms with van der Waals surface area (Å²) in [5.41, 5.74) is 1.58. The van der Waals surface area contributed by atoms with E-state index >= 15 is 0 Å². The fourth-order valence-corrected chi connectivity index (χ4v) is 3.13. The predicted octanol–water partition coefficient (Wildman–Crippen LogP) is 2.03. The van der Waals surface area contributed by atoms with Gasteiger partial charge in [0.2, 0.25) is 0 Å². The van der Waals surface area contributed by atoms with E-state index in [2.05, 4.69) is 4.98 Å². The van der Waals surface area contributed by atoms with Crippen molar-refractivity contribution in [2.24, 2.45) is 0 Å². The number of rotatable bonds is 6. The molecule has 0 aliphatic carbocycles. The first-order chi connectivity index (χ1) is 10.7. The van der Waals surface area contributed by atoms with Crippen molar-refractivity contribution in [3.8, 4) is 0 Å². The largest absolute Gasteiger partial charge is 0.390 e. The van der Waals surface area contributed by atoms with Crippen LogP contribution in [0.15, 0.2) is 35.6 Å². The molecule has 0 bridgehead atoms. The van der Waals surface area contributed by atoms with Crippen LogP contribution >= 0.6 is 11.8 Å². The van der Waals surface area contributed by atoms with Crippen molar-refractivity contribution in [1.82, 2.24) is 9.55 Å². The van der Waals surface area contributed by atoms with E-state index in [1.54, 1.807) is 12.1 Å². The highest BCUT2D eigenvalue weighted by atomic mass is 32.2.